The maximum absolute atomic E-state index is 13.5. The van der Waals surface area contributed by atoms with E-state index in [1.807, 2.05) is 44.2 Å². The number of carbonyl (C=O) groups is 4. The summed E-state index contributed by atoms with van der Waals surface area (Å²) in [6.07, 6.45) is 2.31. The molecule has 12 nitrogen and oxygen atoms in total. The number of hydrogen-bond acceptors (Lipinski definition) is 9. The van der Waals surface area contributed by atoms with Gasteiger partial charge in [-0.3, -0.25) is 19.2 Å². The van der Waals surface area contributed by atoms with Crippen molar-refractivity contribution in [3.05, 3.63) is 69.3 Å². The van der Waals surface area contributed by atoms with Gasteiger partial charge in [-0.25, -0.2) is 9.97 Å². The van der Waals surface area contributed by atoms with Crippen LogP contribution in [0.1, 0.15) is 94.8 Å². The molecule has 1 saturated heterocycles. The van der Waals surface area contributed by atoms with E-state index in [9.17, 15) is 19.2 Å². The first-order valence-electron chi connectivity index (χ1n) is 15.9. The number of carbonyl (C=O) groups excluding carboxylic acids is 4. The molecule has 0 aliphatic carbocycles. The highest BCUT2D eigenvalue weighted by Gasteiger charge is 2.30. The molecule has 2 aliphatic rings. The Morgan fingerprint density at radius 1 is 1.04 bits per heavy atom. The number of aryl methyl sites for hydroxylation is 1. The number of nitrogens with zero attached hydrogens (tertiary/aromatic N) is 3. The van der Waals surface area contributed by atoms with E-state index in [1.165, 1.54) is 11.3 Å². The fraction of sp³-hybridized carbons (Fsp3) is 0.515. The smallest absolute Gasteiger partial charge is 0.274 e. The first-order valence-corrected chi connectivity index (χ1v) is 16.8. The lowest BCUT2D eigenvalue weighted by Gasteiger charge is -2.29. The van der Waals surface area contributed by atoms with Crippen LogP contribution in [0.4, 0.5) is 0 Å². The number of nitrogens with one attached hydrogen (secondary N) is 3. The molecule has 3 aromatic rings. The van der Waals surface area contributed by atoms with Crippen molar-refractivity contribution in [1.82, 2.24) is 30.8 Å². The average Bonchev–Trinajstić information content (AvgIpc) is 3.70. The van der Waals surface area contributed by atoms with Gasteiger partial charge >= 0.3 is 0 Å². The number of benzene rings is 1. The Labute approximate surface area is 272 Å². The second-order valence-electron chi connectivity index (χ2n) is 12.1. The van der Waals surface area contributed by atoms with E-state index in [1.54, 1.807) is 17.2 Å². The van der Waals surface area contributed by atoms with Crippen LogP contribution in [-0.4, -0.2) is 71.3 Å². The Morgan fingerprint density at radius 3 is 2.54 bits per heavy atom. The molecule has 4 amide bonds. The highest BCUT2D eigenvalue weighted by molar-refractivity contribution is 7.09. The minimum Gasteiger partial charge on any atom is -0.443 e. The van der Waals surface area contributed by atoms with Crippen LogP contribution in [0.5, 0.6) is 0 Å². The van der Waals surface area contributed by atoms with Crippen LogP contribution in [0.3, 0.4) is 0 Å². The molecule has 1 aromatic carbocycles. The van der Waals surface area contributed by atoms with Gasteiger partial charge in [0.25, 0.3) is 11.8 Å². The van der Waals surface area contributed by atoms with Crippen LogP contribution in [-0.2, 0) is 20.7 Å². The van der Waals surface area contributed by atoms with Gasteiger partial charge in [-0.2, -0.15) is 0 Å². The summed E-state index contributed by atoms with van der Waals surface area (Å²) >= 11 is 1.30. The van der Waals surface area contributed by atoms with Crippen LogP contribution in [0.15, 0.2) is 40.1 Å². The summed E-state index contributed by atoms with van der Waals surface area (Å²) in [5.74, 6) is -0.615. The molecule has 0 spiro atoms. The lowest BCUT2D eigenvalue weighted by atomic mass is 9.98. The molecule has 2 aliphatic heterocycles. The van der Waals surface area contributed by atoms with Crippen LogP contribution < -0.4 is 16.0 Å². The number of rotatable bonds is 4. The Balaban J connectivity index is 1.43. The Kier molecular flexibility index (Phi) is 11.2. The van der Waals surface area contributed by atoms with Crippen LogP contribution in [0, 0.1) is 18.8 Å². The fourth-order valence-corrected chi connectivity index (χ4v) is 6.73. The minimum atomic E-state index is -0.613. The maximum atomic E-state index is 13.5. The SMILES string of the molecule is Cc1oc2nc1C(=O)N[C@@H](C(C)C)c1nc(cs1)C(=O)NCCN(C(=O)C1CCOCC1)CCCC(=O)N[C@H]2Cc1ccccc1. The molecule has 46 heavy (non-hydrogen) atoms. The van der Waals surface area contributed by atoms with Gasteiger partial charge in [-0.1, -0.05) is 44.2 Å². The standard InChI is InChI=1S/C33H42N6O6S/c1-20(2)27-32-36-25(19-46-32)29(41)34-13-15-39(33(43)23-11-16-44-17-12-23)14-7-10-26(40)35-24(18-22-8-5-4-6-9-22)31-38-28(21(3)45-31)30(42)37-27/h4-6,8-9,19-20,23-24,27H,7,10-18H2,1-3H3,(H,34,41)(H,35,40)(H,37,42)/t24-,27-/m0/s1. The van der Waals surface area contributed by atoms with Gasteiger partial charge in [-0.15, -0.1) is 11.3 Å². The number of aromatic nitrogens is 2. The van der Waals surface area contributed by atoms with Gasteiger partial charge in [0.05, 0.1) is 6.04 Å². The monoisotopic (exact) mass is 650 g/mol. The lowest BCUT2D eigenvalue weighted by Crippen LogP contribution is -2.43. The number of fused-ring (bicyclic) bond motifs is 4. The molecule has 0 saturated carbocycles. The van der Waals surface area contributed by atoms with Gasteiger partial charge in [0, 0.05) is 57.0 Å². The Bertz CT molecular complexity index is 1520. The molecule has 2 atom stereocenters. The number of oxazole rings is 1. The van der Waals surface area contributed by atoms with Crippen molar-refractivity contribution in [2.45, 2.75) is 65.0 Å². The molecule has 5 rings (SSSR count). The predicted octanol–water partition coefficient (Wildman–Crippen LogP) is 3.75. The number of ether oxygens (including phenoxy) is 1. The van der Waals surface area contributed by atoms with E-state index >= 15 is 0 Å². The van der Waals surface area contributed by atoms with Crippen molar-refractivity contribution in [3.63, 3.8) is 0 Å². The van der Waals surface area contributed by atoms with Crippen molar-refractivity contribution in [3.8, 4) is 0 Å². The highest BCUT2D eigenvalue weighted by Crippen LogP contribution is 2.27. The number of hydrogen-bond donors (Lipinski definition) is 3. The molecule has 4 heterocycles. The highest BCUT2D eigenvalue weighted by atomic mass is 32.1. The molecule has 3 N–H and O–H groups in total. The van der Waals surface area contributed by atoms with E-state index < -0.39 is 18.0 Å². The Morgan fingerprint density at radius 2 is 1.80 bits per heavy atom. The van der Waals surface area contributed by atoms with E-state index in [4.69, 9.17) is 9.15 Å². The predicted molar refractivity (Wildman–Crippen MR) is 171 cm³/mol. The van der Waals surface area contributed by atoms with Crippen LogP contribution in [0.25, 0.3) is 0 Å². The molecular formula is C33H42N6O6S. The van der Waals surface area contributed by atoms with Crippen molar-refractivity contribution in [2.24, 2.45) is 11.8 Å². The molecular weight excluding hydrogens is 608 g/mol. The summed E-state index contributed by atoms with van der Waals surface area (Å²) in [6.45, 7) is 7.57. The summed E-state index contributed by atoms with van der Waals surface area (Å²) in [7, 11) is 0. The molecule has 246 valence electrons. The second kappa shape index (κ2) is 15.5. The van der Waals surface area contributed by atoms with Crippen LogP contribution >= 0.6 is 11.3 Å². The van der Waals surface area contributed by atoms with Gasteiger partial charge in [0.15, 0.2) is 5.69 Å². The van der Waals surface area contributed by atoms with Crippen molar-refractivity contribution < 1.29 is 28.3 Å². The third-order valence-corrected chi connectivity index (χ3v) is 9.23. The second-order valence-corrected chi connectivity index (χ2v) is 13.0. The van der Waals surface area contributed by atoms with Gasteiger partial charge < -0.3 is 30.0 Å². The Hall–Kier alpha value is -4.10. The average molecular weight is 651 g/mol. The minimum absolute atomic E-state index is 0.0105. The van der Waals surface area contributed by atoms with Gasteiger partial charge in [0.1, 0.15) is 22.5 Å². The van der Waals surface area contributed by atoms with Gasteiger partial charge in [0.2, 0.25) is 17.7 Å². The molecule has 4 bridgehead atoms. The third kappa shape index (κ3) is 8.38. The molecule has 2 aromatic heterocycles. The van der Waals surface area contributed by atoms with E-state index in [2.05, 4.69) is 25.9 Å². The zero-order valence-electron chi connectivity index (χ0n) is 26.5. The first kappa shape index (κ1) is 33.3. The first-order chi connectivity index (χ1) is 22.2. The maximum Gasteiger partial charge on any atom is 0.274 e. The largest absolute Gasteiger partial charge is 0.443 e. The van der Waals surface area contributed by atoms with Crippen LogP contribution in [0.2, 0.25) is 0 Å². The quantitative estimate of drug-likeness (QED) is 0.386. The fourth-order valence-electron chi connectivity index (χ4n) is 5.71. The summed E-state index contributed by atoms with van der Waals surface area (Å²) in [5.41, 5.74) is 1.34. The van der Waals surface area contributed by atoms with E-state index in [0.717, 1.165) is 5.56 Å². The number of thiazole rings is 1. The number of amides is 4. The molecule has 13 heteroatoms. The summed E-state index contributed by atoms with van der Waals surface area (Å²) < 4.78 is 11.5. The lowest BCUT2D eigenvalue weighted by molar-refractivity contribution is -0.138. The summed E-state index contributed by atoms with van der Waals surface area (Å²) in [6, 6.07) is 8.59. The van der Waals surface area contributed by atoms with E-state index in [-0.39, 0.29) is 59.8 Å². The molecule has 1 fully saturated rings. The third-order valence-electron chi connectivity index (χ3n) is 8.30. The zero-order chi connectivity index (χ0) is 32.6. The van der Waals surface area contributed by atoms with Crippen molar-refractivity contribution >= 4 is 35.0 Å². The zero-order valence-corrected chi connectivity index (χ0v) is 27.4. The normalized spacial score (nSPS) is 21.0. The summed E-state index contributed by atoms with van der Waals surface area (Å²) in [5, 5.41) is 11.2. The van der Waals surface area contributed by atoms with Crippen molar-refractivity contribution in [1.29, 1.82) is 0 Å². The topological polar surface area (TPSA) is 156 Å². The van der Waals surface area contributed by atoms with E-state index in [0.29, 0.717) is 62.8 Å². The van der Waals surface area contributed by atoms with Crippen molar-refractivity contribution in [2.75, 3.05) is 32.8 Å². The van der Waals surface area contributed by atoms with Gasteiger partial charge in [-0.05, 0) is 37.7 Å². The molecule has 0 radical (unpaired) electrons. The molecule has 0 unspecified atom stereocenters. The summed E-state index contributed by atoms with van der Waals surface area (Å²) in [4.78, 5) is 64.2.